The van der Waals surface area contributed by atoms with E-state index in [1.165, 1.54) is 0 Å². The van der Waals surface area contributed by atoms with Crippen LogP contribution in [0.25, 0.3) is 0 Å². The fourth-order valence-corrected chi connectivity index (χ4v) is 2.82. The molecule has 0 aromatic heterocycles. The molecule has 1 rings (SSSR count). The van der Waals surface area contributed by atoms with E-state index in [4.69, 9.17) is 5.73 Å². The lowest BCUT2D eigenvalue weighted by Crippen LogP contribution is -2.22. The Kier molecular flexibility index (Phi) is 4.98. The van der Waals surface area contributed by atoms with E-state index in [0.717, 1.165) is 5.56 Å². The molecule has 2 N–H and O–H groups in total. The minimum absolute atomic E-state index is 0.110. The van der Waals surface area contributed by atoms with Crippen molar-refractivity contribution < 1.29 is 13.2 Å². The Morgan fingerprint density at radius 1 is 1.28 bits per heavy atom. The molecule has 0 atom stereocenters. The molecule has 0 fully saturated rings. The van der Waals surface area contributed by atoms with Gasteiger partial charge in [0.2, 0.25) is 0 Å². The molecule has 0 radical (unpaired) electrons. The van der Waals surface area contributed by atoms with Crippen molar-refractivity contribution in [2.75, 3.05) is 11.5 Å². The maximum absolute atomic E-state index is 11.8. The van der Waals surface area contributed by atoms with Crippen LogP contribution < -0.4 is 5.73 Å². The van der Waals surface area contributed by atoms with E-state index in [1.54, 1.807) is 24.3 Å². The van der Waals surface area contributed by atoms with Crippen LogP contribution in [0.3, 0.4) is 0 Å². The van der Waals surface area contributed by atoms with Gasteiger partial charge in [-0.25, -0.2) is 8.42 Å². The SMILES string of the molecule is Cc1ccc(C(=O)CS(=O)(=O)CCC(N)=S)cc1. The van der Waals surface area contributed by atoms with Gasteiger partial charge in [-0.05, 0) is 6.92 Å². The first kappa shape index (κ1) is 14.8. The van der Waals surface area contributed by atoms with Crippen LogP contribution >= 0.6 is 12.2 Å². The molecule has 6 heteroatoms. The first-order valence-electron chi connectivity index (χ1n) is 5.39. The maximum atomic E-state index is 11.8. The van der Waals surface area contributed by atoms with Crippen LogP contribution in [-0.4, -0.2) is 30.7 Å². The van der Waals surface area contributed by atoms with Gasteiger partial charge in [0.05, 0.1) is 10.7 Å². The summed E-state index contributed by atoms with van der Waals surface area (Å²) in [6.07, 6.45) is 0.110. The van der Waals surface area contributed by atoms with E-state index >= 15 is 0 Å². The van der Waals surface area contributed by atoms with Crippen molar-refractivity contribution in [2.45, 2.75) is 13.3 Å². The largest absolute Gasteiger partial charge is 0.393 e. The molecule has 0 saturated heterocycles. The third-order valence-electron chi connectivity index (χ3n) is 2.38. The molecule has 1 aromatic carbocycles. The highest BCUT2D eigenvalue weighted by atomic mass is 32.2. The van der Waals surface area contributed by atoms with Gasteiger partial charge in [-0.1, -0.05) is 42.0 Å². The number of Topliss-reactive ketones (excluding diaryl/α,β-unsaturated/α-hetero) is 1. The van der Waals surface area contributed by atoms with Gasteiger partial charge in [-0.15, -0.1) is 0 Å². The van der Waals surface area contributed by atoms with Crippen LogP contribution in [0.4, 0.5) is 0 Å². The number of nitrogens with two attached hydrogens (primary N) is 1. The average Bonchev–Trinajstić information content (AvgIpc) is 2.27. The summed E-state index contributed by atoms with van der Waals surface area (Å²) in [7, 11) is -3.45. The quantitative estimate of drug-likeness (QED) is 0.629. The lowest BCUT2D eigenvalue weighted by atomic mass is 10.1. The molecule has 0 heterocycles. The van der Waals surface area contributed by atoms with E-state index in [9.17, 15) is 13.2 Å². The summed E-state index contributed by atoms with van der Waals surface area (Å²) in [6.45, 7) is 1.90. The summed E-state index contributed by atoms with van der Waals surface area (Å²) in [4.78, 5) is 11.9. The summed E-state index contributed by atoms with van der Waals surface area (Å²) in [5.74, 6) is -1.09. The highest BCUT2D eigenvalue weighted by Crippen LogP contribution is 2.06. The predicted octanol–water partition coefficient (Wildman–Crippen LogP) is 1.27. The average molecular weight is 285 g/mol. The summed E-state index contributed by atoms with van der Waals surface area (Å²) in [5, 5.41) is 0. The number of aryl methyl sites for hydroxylation is 1. The topological polar surface area (TPSA) is 77.2 Å². The monoisotopic (exact) mass is 285 g/mol. The number of carbonyl (C=O) groups is 1. The minimum Gasteiger partial charge on any atom is -0.393 e. The molecular weight excluding hydrogens is 270 g/mol. The molecule has 0 aliphatic rings. The molecule has 4 nitrogen and oxygen atoms in total. The number of benzene rings is 1. The van der Waals surface area contributed by atoms with E-state index in [0.29, 0.717) is 5.56 Å². The number of carbonyl (C=O) groups excluding carboxylic acids is 1. The predicted molar refractivity (Wildman–Crippen MR) is 75.6 cm³/mol. The van der Waals surface area contributed by atoms with Gasteiger partial charge in [0.25, 0.3) is 0 Å². The van der Waals surface area contributed by atoms with Gasteiger partial charge >= 0.3 is 0 Å². The number of rotatable bonds is 6. The zero-order valence-electron chi connectivity index (χ0n) is 10.0. The second kappa shape index (κ2) is 6.06. The molecular formula is C12H15NO3S2. The van der Waals surface area contributed by atoms with Crippen molar-refractivity contribution in [2.24, 2.45) is 5.73 Å². The summed E-state index contributed by atoms with van der Waals surface area (Å²) < 4.78 is 23.3. The van der Waals surface area contributed by atoms with Gasteiger partial charge < -0.3 is 5.73 Å². The number of thiocarbonyl (C=S) groups is 1. The maximum Gasteiger partial charge on any atom is 0.177 e. The second-order valence-corrected chi connectivity index (χ2v) is 6.81. The van der Waals surface area contributed by atoms with Crippen molar-refractivity contribution in [1.82, 2.24) is 0 Å². The Balaban J connectivity index is 2.69. The number of sulfone groups is 1. The van der Waals surface area contributed by atoms with E-state index in [2.05, 4.69) is 12.2 Å². The highest BCUT2D eigenvalue weighted by molar-refractivity contribution is 7.92. The Hall–Kier alpha value is -1.27. The zero-order valence-corrected chi connectivity index (χ0v) is 11.7. The van der Waals surface area contributed by atoms with Gasteiger partial charge in [-0.2, -0.15) is 0 Å². The van der Waals surface area contributed by atoms with E-state index in [1.807, 2.05) is 6.92 Å². The Morgan fingerprint density at radius 3 is 2.33 bits per heavy atom. The van der Waals surface area contributed by atoms with Crippen LogP contribution in [0, 0.1) is 6.92 Å². The van der Waals surface area contributed by atoms with Gasteiger partial charge in [0.1, 0.15) is 5.75 Å². The first-order valence-corrected chi connectivity index (χ1v) is 7.62. The summed E-state index contributed by atoms with van der Waals surface area (Å²) in [6, 6.07) is 6.80. The number of hydrogen-bond acceptors (Lipinski definition) is 4. The first-order chi connectivity index (χ1) is 8.30. The third-order valence-corrected chi connectivity index (χ3v) is 4.12. The Labute approximate surface area is 112 Å². The number of ketones is 1. The van der Waals surface area contributed by atoms with Gasteiger partial charge in [0.15, 0.2) is 15.6 Å². The van der Waals surface area contributed by atoms with Crippen molar-refractivity contribution in [3.05, 3.63) is 35.4 Å². The molecule has 0 spiro atoms. The molecule has 18 heavy (non-hydrogen) atoms. The van der Waals surface area contributed by atoms with Crippen LogP contribution in [-0.2, 0) is 9.84 Å². The Morgan fingerprint density at radius 2 is 1.83 bits per heavy atom. The normalized spacial score (nSPS) is 11.2. The minimum atomic E-state index is -3.45. The van der Waals surface area contributed by atoms with Crippen molar-refractivity contribution in [3.63, 3.8) is 0 Å². The molecule has 0 saturated carbocycles. The van der Waals surface area contributed by atoms with Crippen LogP contribution in [0.2, 0.25) is 0 Å². The molecule has 1 aromatic rings. The second-order valence-electron chi connectivity index (χ2n) is 4.10. The molecule has 0 amide bonds. The lowest BCUT2D eigenvalue weighted by molar-refractivity contribution is 0.102. The van der Waals surface area contributed by atoms with Crippen LogP contribution in [0.1, 0.15) is 22.3 Å². The van der Waals surface area contributed by atoms with E-state index in [-0.39, 0.29) is 17.2 Å². The zero-order chi connectivity index (χ0) is 13.8. The van der Waals surface area contributed by atoms with Gasteiger partial charge in [0, 0.05) is 12.0 Å². The van der Waals surface area contributed by atoms with E-state index < -0.39 is 21.4 Å². The molecule has 0 aliphatic heterocycles. The fraction of sp³-hybridized carbons (Fsp3) is 0.333. The van der Waals surface area contributed by atoms with Crippen LogP contribution in [0.15, 0.2) is 24.3 Å². The fourth-order valence-electron chi connectivity index (χ4n) is 1.35. The molecule has 0 aliphatic carbocycles. The Bertz CT molecular complexity index is 547. The standard InChI is InChI=1S/C12H15NO3S2/c1-9-2-4-10(5-3-9)11(14)8-18(15,16)7-6-12(13)17/h2-5H,6-8H2,1H3,(H2,13,17). The molecule has 0 unspecified atom stereocenters. The molecule has 98 valence electrons. The summed E-state index contributed by atoms with van der Waals surface area (Å²) in [5.41, 5.74) is 6.66. The van der Waals surface area contributed by atoms with Crippen molar-refractivity contribution in [1.29, 1.82) is 0 Å². The smallest absolute Gasteiger partial charge is 0.177 e. The van der Waals surface area contributed by atoms with Crippen LogP contribution in [0.5, 0.6) is 0 Å². The van der Waals surface area contributed by atoms with Crippen molar-refractivity contribution in [3.8, 4) is 0 Å². The summed E-state index contributed by atoms with van der Waals surface area (Å²) >= 11 is 4.61. The molecule has 0 bridgehead atoms. The van der Waals surface area contributed by atoms with Crippen molar-refractivity contribution >= 4 is 32.8 Å². The van der Waals surface area contributed by atoms with Gasteiger partial charge in [-0.3, -0.25) is 4.79 Å². The highest BCUT2D eigenvalue weighted by Gasteiger charge is 2.18. The number of hydrogen-bond donors (Lipinski definition) is 1. The lowest BCUT2D eigenvalue weighted by Gasteiger charge is -2.04. The third kappa shape index (κ3) is 4.93.